The molecule has 0 aromatic heterocycles. The van der Waals surface area contributed by atoms with Crippen LogP contribution < -0.4 is 9.47 Å². The van der Waals surface area contributed by atoms with Gasteiger partial charge in [0.25, 0.3) is 0 Å². The van der Waals surface area contributed by atoms with Gasteiger partial charge in [0.15, 0.2) is 11.5 Å². The molecule has 0 spiro atoms. The van der Waals surface area contributed by atoms with Crippen molar-refractivity contribution in [2.45, 2.75) is 33.3 Å². The van der Waals surface area contributed by atoms with Crippen LogP contribution in [0.15, 0.2) is 48.5 Å². The zero-order valence-corrected chi connectivity index (χ0v) is 14.7. The first-order valence-corrected chi connectivity index (χ1v) is 8.13. The van der Waals surface area contributed by atoms with Crippen LogP contribution in [-0.2, 0) is 32.1 Å². The van der Waals surface area contributed by atoms with E-state index in [1.165, 1.54) is 19.9 Å². The van der Waals surface area contributed by atoms with E-state index < -0.39 is 11.9 Å². The highest BCUT2D eigenvalue weighted by Crippen LogP contribution is 2.29. The summed E-state index contributed by atoms with van der Waals surface area (Å²) in [6, 6.07) is 14.2. The van der Waals surface area contributed by atoms with Crippen molar-refractivity contribution < 1.29 is 28.6 Å². The Labute approximate surface area is 151 Å². The number of hydrogen-bond donors (Lipinski definition) is 0. The smallest absolute Gasteiger partial charge is 0.308 e. The van der Waals surface area contributed by atoms with Gasteiger partial charge in [-0.15, -0.1) is 0 Å². The van der Waals surface area contributed by atoms with Crippen molar-refractivity contribution in [3.63, 3.8) is 0 Å². The molecule has 0 aliphatic rings. The third-order valence-corrected chi connectivity index (χ3v) is 3.38. The highest BCUT2D eigenvalue weighted by Gasteiger charge is 2.12. The zero-order chi connectivity index (χ0) is 18.9. The summed E-state index contributed by atoms with van der Waals surface area (Å²) in [4.78, 5) is 34.2. The van der Waals surface area contributed by atoms with Crippen LogP contribution >= 0.6 is 0 Å². The molecule has 0 fully saturated rings. The predicted molar refractivity (Wildman–Crippen MR) is 93.6 cm³/mol. The Hall–Kier alpha value is -3.15. The van der Waals surface area contributed by atoms with Gasteiger partial charge in [-0.2, -0.15) is 0 Å². The minimum Gasteiger partial charge on any atom is -0.461 e. The summed E-state index contributed by atoms with van der Waals surface area (Å²) in [6.07, 6.45) is 0.585. The molecule has 0 aliphatic carbocycles. The highest BCUT2D eigenvalue weighted by molar-refractivity contribution is 5.74. The molecule has 26 heavy (non-hydrogen) atoms. The Balaban J connectivity index is 1.94. The summed E-state index contributed by atoms with van der Waals surface area (Å²) < 4.78 is 15.3. The minimum absolute atomic E-state index is 0.142. The monoisotopic (exact) mass is 356 g/mol. The number of ether oxygens (including phenoxy) is 3. The molecule has 0 heterocycles. The lowest BCUT2D eigenvalue weighted by Crippen LogP contribution is -2.08. The lowest BCUT2D eigenvalue weighted by atomic mass is 10.1. The molecule has 0 amide bonds. The fourth-order valence-electron chi connectivity index (χ4n) is 2.24. The van der Waals surface area contributed by atoms with Crippen LogP contribution in [-0.4, -0.2) is 17.9 Å². The van der Waals surface area contributed by atoms with Gasteiger partial charge in [0, 0.05) is 20.3 Å². The Kier molecular flexibility index (Phi) is 6.91. The Morgan fingerprint density at radius 2 is 1.46 bits per heavy atom. The molecule has 0 atom stereocenters. The average Bonchev–Trinajstić information content (AvgIpc) is 2.60. The fraction of sp³-hybridized carbons (Fsp3) is 0.250. The second-order valence-electron chi connectivity index (χ2n) is 5.61. The van der Waals surface area contributed by atoms with Crippen LogP contribution in [0.4, 0.5) is 0 Å². The first-order chi connectivity index (χ1) is 12.4. The Morgan fingerprint density at radius 1 is 0.808 bits per heavy atom. The number of hydrogen-bond acceptors (Lipinski definition) is 6. The lowest BCUT2D eigenvalue weighted by molar-refractivity contribution is -0.145. The molecule has 2 aromatic carbocycles. The number of aryl methyl sites for hydroxylation is 1. The van der Waals surface area contributed by atoms with Crippen LogP contribution in [0.2, 0.25) is 0 Å². The van der Waals surface area contributed by atoms with E-state index in [1.54, 1.807) is 12.1 Å². The van der Waals surface area contributed by atoms with Crippen LogP contribution in [0.3, 0.4) is 0 Å². The van der Waals surface area contributed by atoms with Gasteiger partial charge in [-0.1, -0.05) is 36.4 Å². The van der Waals surface area contributed by atoms with Gasteiger partial charge in [0.1, 0.15) is 6.61 Å². The summed E-state index contributed by atoms with van der Waals surface area (Å²) in [5.41, 5.74) is 1.68. The molecule has 2 aromatic rings. The molecule has 136 valence electrons. The van der Waals surface area contributed by atoms with Crippen LogP contribution in [0.5, 0.6) is 11.5 Å². The molecule has 6 nitrogen and oxygen atoms in total. The molecular formula is C20H20O6. The van der Waals surface area contributed by atoms with Gasteiger partial charge in [-0.05, 0) is 29.7 Å². The maximum absolute atomic E-state index is 11.9. The second kappa shape index (κ2) is 9.36. The summed E-state index contributed by atoms with van der Waals surface area (Å²) in [5, 5.41) is 0. The van der Waals surface area contributed by atoms with Crippen LogP contribution in [0, 0.1) is 0 Å². The summed E-state index contributed by atoms with van der Waals surface area (Å²) in [6.45, 7) is 2.74. The van der Waals surface area contributed by atoms with Gasteiger partial charge in [0.05, 0.1) is 0 Å². The van der Waals surface area contributed by atoms with E-state index in [0.29, 0.717) is 6.42 Å². The molecule has 0 saturated heterocycles. The molecule has 6 heteroatoms. The summed E-state index contributed by atoms with van der Waals surface area (Å²) >= 11 is 0. The van der Waals surface area contributed by atoms with E-state index in [2.05, 4.69) is 0 Å². The summed E-state index contributed by atoms with van der Waals surface area (Å²) in [7, 11) is 0. The average molecular weight is 356 g/mol. The standard InChI is InChI=1S/C20H20O6/c1-14(21)25-18-10-8-16(12-19(18)26-15(2)22)9-11-20(23)24-13-17-6-4-3-5-7-17/h3-8,10,12H,9,11,13H2,1-2H3. The van der Waals surface area contributed by atoms with Crippen molar-refractivity contribution >= 4 is 17.9 Å². The van der Waals surface area contributed by atoms with Crippen LogP contribution in [0.25, 0.3) is 0 Å². The molecule has 0 radical (unpaired) electrons. The van der Waals surface area contributed by atoms with E-state index in [4.69, 9.17) is 14.2 Å². The molecule has 0 aliphatic heterocycles. The number of carbonyl (C=O) groups is 3. The van der Waals surface area contributed by atoms with Gasteiger partial charge < -0.3 is 14.2 Å². The van der Waals surface area contributed by atoms with Crippen molar-refractivity contribution in [2.75, 3.05) is 0 Å². The Morgan fingerprint density at radius 3 is 2.12 bits per heavy atom. The van der Waals surface area contributed by atoms with E-state index in [0.717, 1.165) is 11.1 Å². The molecule has 0 saturated carbocycles. The van der Waals surface area contributed by atoms with Crippen molar-refractivity contribution in [1.82, 2.24) is 0 Å². The van der Waals surface area contributed by atoms with Crippen molar-refractivity contribution in [1.29, 1.82) is 0 Å². The molecule has 0 bridgehead atoms. The lowest BCUT2D eigenvalue weighted by Gasteiger charge is -2.10. The predicted octanol–water partition coefficient (Wildman–Crippen LogP) is 3.21. The fourth-order valence-corrected chi connectivity index (χ4v) is 2.24. The molecule has 0 unspecified atom stereocenters. The number of rotatable bonds is 7. The SMILES string of the molecule is CC(=O)Oc1ccc(CCC(=O)OCc2ccccc2)cc1OC(C)=O. The first kappa shape index (κ1) is 19.2. The molecule has 0 N–H and O–H groups in total. The maximum atomic E-state index is 11.9. The second-order valence-corrected chi connectivity index (χ2v) is 5.61. The van der Waals surface area contributed by atoms with Crippen molar-refractivity contribution in [3.8, 4) is 11.5 Å². The minimum atomic E-state index is -0.530. The van der Waals surface area contributed by atoms with E-state index >= 15 is 0 Å². The third kappa shape index (κ3) is 6.39. The van der Waals surface area contributed by atoms with Crippen molar-refractivity contribution in [2.24, 2.45) is 0 Å². The van der Waals surface area contributed by atoms with Gasteiger partial charge in [-0.3, -0.25) is 14.4 Å². The normalized spacial score (nSPS) is 10.1. The maximum Gasteiger partial charge on any atom is 0.308 e. The highest BCUT2D eigenvalue weighted by atomic mass is 16.6. The molecular weight excluding hydrogens is 336 g/mol. The van der Waals surface area contributed by atoms with Crippen molar-refractivity contribution in [3.05, 3.63) is 59.7 Å². The number of benzene rings is 2. The first-order valence-electron chi connectivity index (χ1n) is 8.13. The molecule has 2 rings (SSSR count). The largest absolute Gasteiger partial charge is 0.461 e. The zero-order valence-electron chi connectivity index (χ0n) is 14.7. The van der Waals surface area contributed by atoms with Gasteiger partial charge in [0.2, 0.25) is 0 Å². The third-order valence-electron chi connectivity index (χ3n) is 3.38. The van der Waals surface area contributed by atoms with E-state index in [9.17, 15) is 14.4 Å². The van der Waals surface area contributed by atoms with E-state index in [1.807, 2.05) is 30.3 Å². The van der Waals surface area contributed by atoms with Gasteiger partial charge in [-0.25, -0.2) is 0 Å². The number of esters is 3. The Bertz CT molecular complexity index is 782. The van der Waals surface area contributed by atoms with E-state index in [-0.39, 0.29) is 30.5 Å². The van der Waals surface area contributed by atoms with Gasteiger partial charge >= 0.3 is 17.9 Å². The summed E-state index contributed by atoms with van der Waals surface area (Å²) in [5.74, 6) is -1.08. The quantitative estimate of drug-likeness (QED) is 0.560. The number of carbonyl (C=O) groups excluding carboxylic acids is 3. The van der Waals surface area contributed by atoms with Crippen LogP contribution in [0.1, 0.15) is 31.4 Å². The topological polar surface area (TPSA) is 78.9 Å².